The lowest BCUT2D eigenvalue weighted by Crippen LogP contribution is -2.35. The molecule has 24 heavy (non-hydrogen) atoms. The van der Waals surface area contributed by atoms with Gasteiger partial charge in [-0.15, -0.1) is 0 Å². The van der Waals surface area contributed by atoms with Crippen molar-refractivity contribution in [2.75, 3.05) is 10.2 Å². The average molecular weight is 363 g/mol. The van der Waals surface area contributed by atoms with Gasteiger partial charge in [-0.25, -0.2) is 4.90 Å². The topological polar surface area (TPSA) is 49.4 Å². The standard InChI is InChI=1S/C18H16Cl2N2O2/c1-10-4-3-5-14(11(10)2)21-15-9-17(23)22(18(15)24)16-7-6-12(19)8-13(16)20/h3-8,15,21H,9H2,1-2H3. The predicted octanol–water partition coefficient (Wildman–Crippen LogP) is 4.35. The molecule has 2 amide bonds. The zero-order chi connectivity index (χ0) is 17.4. The Bertz CT molecular complexity index is 836. The van der Waals surface area contributed by atoms with Gasteiger partial charge in [0.1, 0.15) is 6.04 Å². The first-order valence-electron chi connectivity index (χ1n) is 7.53. The first kappa shape index (κ1) is 16.8. The monoisotopic (exact) mass is 362 g/mol. The molecule has 0 spiro atoms. The fraction of sp³-hybridized carbons (Fsp3) is 0.222. The molecule has 6 heteroatoms. The molecule has 0 aliphatic carbocycles. The Kier molecular flexibility index (Phi) is 4.52. The normalized spacial score (nSPS) is 17.5. The molecule has 1 atom stereocenters. The third-order valence-corrected chi connectivity index (χ3v) is 4.77. The van der Waals surface area contributed by atoms with E-state index in [2.05, 4.69) is 5.32 Å². The van der Waals surface area contributed by atoms with Crippen molar-refractivity contribution in [3.8, 4) is 0 Å². The first-order chi connectivity index (χ1) is 11.4. The molecule has 3 rings (SSSR count). The Morgan fingerprint density at radius 3 is 2.58 bits per heavy atom. The zero-order valence-electron chi connectivity index (χ0n) is 13.3. The summed E-state index contributed by atoms with van der Waals surface area (Å²) in [6, 6.07) is 9.92. The number of carbonyl (C=O) groups is 2. The Morgan fingerprint density at radius 1 is 1.12 bits per heavy atom. The molecule has 1 aliphatic rings. The number of benzene rings is 2. The molecule has 4 nitrogen and oxygen atoms in total. The van der Waals surface area contributed by atoms with E-state index in [0.29, 0.717) is 10.7 Å². The van der Waals surface area contributed by atoms with Crippen LogP contribution >= 0.6 is 23.2 Å². The molecule has 1 aliphatic heterocycles. The van der Waals surface area contributed by atoms with Gasteiger partial charge in [-0.3, -0.25) is 9.59 Å². The molecule has 0 aromatic heterocycles. The van der Waals surface area contributed by atoms with Gasteiger partial charge in [0.05, 0.1) is 17.1 Å². The van der Waals surface area contributed by atoms with Gasteiger partial charge in [-0.05, 0) is 49.2 Å². The van der Waals surface area contributed by atoms with E-state index < -0.39 is 6.04 Å². The van der Waals surface area contributed by atoms with Crippen LogP contribution in [0.2, 0.25) is 10.0 Å². The van der Waals surface area contributed by atoms with Crippen LogP contribution in [0.25, 0.3) is 0 Å². The van der Waals surface area contributed by atoms with Crippen LogP contribution in [0.15, 0.2) is 36.4 Å². The molecule has 0 bridgehead atoms. The third kappa shape index (κ3) is 2.99. The van der Waals surface area contributed by atoms with Gasteiger partial charge < -0.3 is 5.32 Å². The maximum absolute atomic E-state index is 12.7. The maximum Gasteiger partial charge on any atom is 0.256 e. The lowest BCUT2D eigenvalue weighted by molar-refractivity contribution is -0.121. The summed E-state index contributed by atoms with van der Waals surface area (Å²) in [5.41, 5.74) is 3.39. The van der Waals surface area contributed by atoms with Gasteiger partial charge in [0.25, 0.3) is 5.91 Å². The highest BCUT2D eigenvalue weighted by atomic mass is 35.5. The van der Waals surface area contributed by atoms with Crippen LogP contribution in [-0.2, 0) is 9.59 Å². The van der Waals surface area contributed by atoms with Crippen LogP contribution in [0, 0.1) is 13.8 Å². The van der Waals surface area contributed by atoms with Crippen molar-refractivity contribution in [1.29, 1.82) is 0 Å². The largest absolute Gasteiger partial charge is 0.373 e. The number of rotatable bonds is 3. The summed E-state index contributed by atoms with van der Waals surface area (Å²) in [7, 11) is 0. The third-order valence-electron chi connectivity index (χ3n) is 4.23. The minimum atomic E-state index is -0.607. The number of carbonyl (C=O) groups excluding carboxylic acids is 2. The summed E-state index contributed by atoms with van der Waals surface area (Å²) >= 11 is 12.0. The number of nitrogens with zero attached hydrogens (tertiary/aromatic N) is 1. The molecule has 2 aromatic rings. The highest BCUT2D eigenvalue weighted by molar-refractivity contribution is 6.38. The molecule has 1 N–H and O–H groups in total. The number of aryl methyl sites for hydroxylation is 1. The number of anilines is 2. The summed E-state index contributed by atoms with van der Waals surface area (Å²) in [5.74, 6) is -0.600. The van der Waals surface area contributed by atoms with Gasteiger partial charge in [-0.1, -0.05) is 35.3 Å². The van der Waals surface area contributed by atoms with Crippen molar-refractivity contribution in [1.82, 2.24) is 0 Å². The summed E-state index contributed by atoms with van der Waals surface area (Å²) in [6.45, 7) is 3.98. The minimum Gasteiger partial charge on any atom is -0.373 e. The molecule has 1 unspecified atom stereocenters. The van der Waals surface area contributed by atoms with E-state index in [1.165, 1.54) is 6.07 Å². The minimum absolute atomic E-state index is 0.0885. The SMILES string of the molecule is Cc1cccc(NC2CC(=O)N(c3ccc(Cl)cc3Cl)C2=O)c1C. The van der Waals surface area contributed by atoms with Gasteiger partial charge in [0, 0.05) is 10.7 Å². The summed E-state index contributed by atoms with van der Waals surface area (Å²) in [5, 5.41) is 3.91. The van der Waals surface area contributed by atoms with Crippen molar-refractivity contribution in [3.05, 3.63) is 57.6 Å². The van der Waals surface area contributed by atoms with Gasteiger partial charge in [-0.2, -0.15) is 0 Å². The molecule has 1 fully saturated rings. The molecule has 124 valence electrons. The molecular formula is C18H16Cl2N2O2. The second-order valence-corrected chi connectivity index (χ2v) is 6.66. The number of amides is 2. The van der Waals surface area contributed by atoms with Crippen molar-refractivity contribution < 1.29 is 9.59 Å². The molecular weight excluding hydrogens is 347 g/mol. The van der Waals surface area contributed by atoms with Gasteiger partial charge in [0.2, 0.25) is 5.91 Å². The lowest BCUT2D eigenvalue weighted by Gasteiger charge is -2.18. The first-order valence-corrected chi connectivity index (χ1v) is 8.28. The fourth-order valence-corrected chi connectivity index (χ4v) is 3.25. The Hall–Kier alpha value is -2.04. The highest BCUT2D eigenvalue weighted by Gasteiger charge is 2.40. The summed E-state index contributed by atoms with van der Waals surface area (Å²) in [4.78, 5) is 26.2. The average Bonchev–Trinajstić information content (AvgIpc) is 2.79. The Labute approximate surface area is 150 Å². The predicted molar refractivity (Wildman–Crippen MR) is 96.9 cm³/mol. The number of nitrogens with one attached hydrogen (secondary N) is 1. The van der Waals surface area contributed by atoms with Crippen LogP contribution in [0.1, 0.15) is 17.5 Å². The van der Waals surface area contributed by atoms with E-state index in [1.807, 2.05) is 32.0 Å². The Morgan fingerprint density at radius 2 is 1.88 bits per heavy atom. The molecule has 2 aromatic carbocycles. The number of halogens is 2. The van der Waals surface area contributed by atoms with Gasteiger partial charge in [0.15, 0.2) is 0 Å². The van der Waals surface area contributed by atoms with E-state index in [4.69, 9.17) is 23.2 Å². The number of imide groups is 1. The molecule has 0 saturated carbocycles. The second kappa shape index (κ2) is 6.46. The second-order valence-electron chi connectivity index (χ2n) is 5.81. The van der Waals surface area contributed by atoms with E-state index in [1.54, 1.807) is 12.1 Å². The van der Waals surface area contributed by atoms with Crippen LogP contribution < -0.4 is 10.2 Å². The fourth-order valence-electron chi connectivity index (χ4n) is 2.76. The quantitative estimate of drug-likeness (QED) is 0.825. The number of hydrogen-bond acceptors (Lipinski definition) is 3. The van der Waals surface area contributed by atoms with Crippen LogP contribution in [0.3, 0.4) is 0 Å². The van der Waals surface area contributed by atoms with Crippen molar-refractivity contribution >= 4 is 46.4 Å². The van der Waals surface area contributed by atoms with E-state index in [0.717, 1.165) is 21.7 Å². The summed E-state index contributed by atoms with van der Waals surface area (Å²) in [6.07, 6.45) is 0.0885. The molecule has 1 heterocycles. The number of hydrogen-bond donors (Lipinski definition) is 1. The molecule has 0 radical (unpaired) electrons. The van der Waals surface area contributed by atoms with E-state index in [9.17, 15) is 9.59 Å². The zero-order valence-corrected chi connectivity index (χ0v) is 14.8. The smallest absolute Gasteiger partial charge is 0.256 e. The van der Waals surface area contributed by atoms with Crippen molar-refractivity contribution in [2.24, 2.45) is 0 Å². The van der Waals surface area contributed by atoms with Crippen LogP contribution in [0.5, 0.6) is 0 Å². The Balaban J connectivity index is 1.88. The van der Waals surface area contributed by atoms with Crippen LogP contribution in [0.4, 0.5) is 11.4 Å². The van der Waals surface area contributed by atoms with Crippen molar-refractivity contribution in [2.45, 2.75) is 26.3 Å². The highest BCUT2D eigenvalue weighted by Crippen LogP contribution is 2.33. The van der Waals surface area contributed by atoms with E-state index >= 15 is 0 Å². The maximum atomic E-state index is 12.7. The lowest BCUT2D eigenvalue weighted by atomic mass is 10.1. The van der Waals surface area contributed by atoms with Crippen molar-refractivity contribution in [3.63, 3.8) is 0 Å². The van der Waals surface area contributed by atoms with Gasteiger partial charge >= 0.3 is 0 Å². The summed E-state index contributed by atoms with van der Waals surface area (Å²) < 4.78 is 0. The van der Waals surface area contributed by atoms with E-state index in [-0.39, 0.29) is 23.3 Å². The molecule has 1 saturated heterocycles. The van der Waals surface area contributed by atoms with Crippen LogP contribution in [-0.4, -0.2) is 17.9 Å².